The number of nitrogens with two attached hydrogens (primary N) is 1. The van der Waals surface area contributed by atoms with Crippen LogP contribution in [0.3, 0.4) is 0 Å². The summed E-state index contributed by atoms with van der Waals surface area (Å²) >= 11 is 0. The van der Waals surface area contributed by atoms with E-state index in [-0.39, 0.29) is 24.1 Å². The lowest BCUT2D eigenvalue weighted by Gasteiger charge is -2.26. The van der Waals surface area contributed by atoms with E-state index in [1.807, 2.05) is 0 Å². The van der Waals surface area contributed by atoms with Crippen LogP contribution in [0.4, 0.5) is 15.9 Å². The van der Waals surface area contributed by atoms with Gasteiger partial charge in [-0.3, -0.25) is 9.69 Å². The Bertz CT molecular complexity index is 693. The Morgan fingerprint density at radius 2 is 2.00 bits per heavy atom. The molecule has 0 aliphatic carbocycles. The van der Waals surface area contributed by atoms with E-state index in [2.05, 4.69) is 4.98 Å². The molecule has 1 amide bonds. The highest BCUT2D eigenvalue weighted by Gasteiger charge is 2.22. The van der Waals surface area contributed by atoms with Gasteiger partial charge in [-0.05, 0) is 25.0 Å². The summed E-state index contributed by atoms with van der Waals surface area (Å²) in [5.41, 5.74) is 7.48. The maximum absolute atomic E-state index is 13.8. The number of amides is 1. The highest BCUT2D eigenvalue weighted by molar-refractivity contribution is 5.96. The third-order valence-corrected chi connectivity index (χ3v) is 3.66. The van der Waals surface area contributed by atoms with Crippen molar-refractivity contribution < 1.29 is 9.18 Å². The number of aromatic nitrogens is 1. The summed E-state index contributed by atoms with van der Waals surface area (Å²) in [5, 5.41) is 0. The lowest BCUT2D eigenvalue weighted by Crippen LogP contribution is -2.36. The molecule has 4 nitrogen and oxygen atoms in total. The highest BCUT2D eigenvalue weighted by Crippen LogP contribution is 2.30. The summed E-state index contributed by atoms with van der Waals surface area (Å²) in [6.07, 6.45) is 3.94. The van der Waals surface area contributed by atoms with Crippen LogP contribution in [0.1, 0.15) is 19.3 Å². The van der Waals surface area contributed by atoms with Crippen LogP contribution < -0.4 is 10.6 Å². The van der Waals surface area contributed by atoms with Crippen molar-refractivity contribution in [2.75, 3.05) is 17.2 Å². The number of hydrogen-bond acceptors (Lipinski definition) is 3. The molecule has 22 heavy (non-hydrogen) atoms. The molecule has 1 aliphatic heterocycles. The molecule has 0 bridgehead atoms. The molecule has 0 saturated carbocycles. The molecule has 3 rings (SSSR count). The van der Waals surface area contributed by atoms with E-state index in [4.69, 9.17) is 5.73 Å². The molecule has 1 fully saturated rings. The topological polar surface area (TPSA) is 59.2 Å². The van der Waals surface area contributed by atoms with E-state index in [1.54, 1.807) is 35.4 Å². The van der Waals surface area contributed by atoms with Crippen molar-refractivity contribution in [3.63, 3.8) is 0 Å². The van der Waals surface area contributed by atoms with Crippen molar-refractivity contribution >= 4 is 29.8 Å². The fourth-order valence-corrected chi connectivity index (χ4v) is 2.57. The standard InChI is InChI=1S/C16H16FN3O.ClH/c17-13-6-2-1-5-12(13)11-9-14(18)16(19-10-11)20-8-4-3-7-15(20)21;/h1-2,5-6,9-10H,3-4,7-8,18H2;1H. The Morgan fingerprint density at radius 1 is 1.23 bits per heavy atom. The number of anilines is 2. The molecule has 116 valence electrons. The second-order valence-electron chi connectivity index (χ2n) is 5.12. The van der Waals surface area contributed by atoms with Gasteiger partial charge in [-0.1, -0.05) is 18.2 Å². The summed E-state index contributed by atoms with van der Waals surface area (Å²) in [6.45, 7) is 0.634. The van der Waals surface area contributed by atoms with Crippen LogP contribution in [0, 0.1) is 5.82 Å². The van der Waals surface area contributed by atoms with Crippen molar-refractivity contribution in [1.82, 2.24) is 4.98 Å². The van der Waals surface area contributed by atoms with Crippen LogP contribution in [0.15, 0.2) is 36.5 Å². The quantitative estimate of drug-likeness (QED) is 0.922. The Morgan fingerprint density at radius 3 is 2.68 bits per heavy atom. The molecule has 2 N–H and O–H groups in total. The summed E-state index contributed by atoms with van der Waals surface area (Å²) in [6, 6.07) is 8.14. The zero-order chi connectivity index (χ0) is 14.8. The predicted octanol–water partition coefficient (Wildman–Crippen LogP) is 3.41. The van der Waals surface area contributed by atoms with Crippen LogP contribution in [-0.4, -0.2) is 17.4 Å². The van der Waals surface area contributed by atoms with Crippen LogP contribution >= 0.6 is 12.4 Å². The summed E-state index contributed by atoms with van der Waals surface area (Å²) in [5.74, 6) is 0.194. The van der Waals surface area contributed by atoms with Gasteiger partial charge in [0.1, 0.15) is 5.82 Å². The number of carbonyl (C=O) groups excluding carboxylic acids is 1. The average molecular weight is 322 g/mol. The number of piperidine rings is 1. The number of carbonyl (C=O) groups is 1. The summed E-state index contributed by atoms with van der Waals surface area (Å²) in [7, 11) is 0. The molecule has 2 aromatic rings. The fourth-order valence-electron chi connectivity index (χ4n) is 2.57. The summed E-state index contributed by atoms with van der Waals surface area (Å²) in [4.78, 5) is 17.8. The third-order valence-electron chi connectivity index (χ3n) is 3.66. The molecular weight excluding hydrogens is 305 g/mol. The first-order valence-electron chi connectivity index (χ1n) is 6.97. The molecule has 1 aromatic carbocycles. The van der Waals surface area contributed by atoms with Gasteiger partial charge < -0.3 is 5.73 Å². The number of hydrogen-bond donors (Lipinski definition) is 1. The minimum atomic E-state index is -0.319. The van der Waals surface area contributed by atoms with E-state index in [0.29, 0.717) is 35.6 Å². The Kier molecular flexibility index (Phi) is 4.98. The van der Waals surface area contributed by atoms with Crippen LogP contribution in [0.5, 0.6) is 0 Å². The van der Waals surface area contributed by atoms with Gasteiger partial charge in [-0.15, -0.1) is 12.4 Å². The molecule has 0 unspecified atom stereocenters. The Hall–Kier alpha value is -2.14. The first kappa shape index (κ1) is 16.2. The number of nitrogen functional groups attached to an aromatic ring is 1. The zero-order valence-corrected chi connectivity index (χ0v) is 12.8. The van der Waals surface area contributed by atoms with Crippen molar-refractivity contribution in [2.24, 2.45) is 0 Å². The van der Waals surface area contributed by atoms with Crippen molar-refractivity contribution in [3.8, 4) is 11.1 Å². The minimum Gasteiger partial charge on any atom is -0.396 e. The lowest BCUT2D eigenvalue weighted by atomic mass is 10.1. The number of rotatable bonds is 2. The molecule has 1 saturated heterocycles. The second-order valence-corrected chi connectivity index (χ2v) is 5.12. The Labute approximate surface area is 134 Å². The fraction of sp³-hybridized carbons (Fsp3) is 0.250. The monoisotopic (exact) mass is 321 g/mol. The Balaban J connectivity index is 0.00000176. The minimum absolute atomic E-state index is 0. The number of pyridine rings is 1. The molecule has 0 spiro atoms. The number of benzene rings is 1. The normalized spacial score (nSPS) is 14.6. The van der Waals surface area contributed by atoms with Gasteiger partial charge >= 0.3 is 0 Å². The number of halogens is 2. The van der Waals surface area contributed by atoms with Gasteiger partial charge in [0.15, 0.2) is 5.82 Å². The summed E-state index contributed by atoms with van der Waals surface area (Å²) < 4.78 is 13.8. The van der Waals surface area contributed by atoms with E-state index < -0.39 is 0 Å². The van der Waals surface area contributed by atoms with Crippen molar-refractivity contribution in [3.05, 3.63) is 42.3 Å². The third kappa shape index (κ3) is 3.04. The van der Waals surface area contributed by atoms with E-state index in [1.165, 1.54) is 6.07 Å². The van der Waals surface area contributed by atoms with Crippen molar-refractivity contribution in [1.29, 1.82) is 0 Å². The molecule has 0 atom stereocenters. The largest absolute Gasteiger partial charge is 0.396 e. The van der Waals surface area contributed by atoms with Gasteiger partial charge in [0, 0.05) is 30.3 Å². The van der Waals surface area contributed by atoms with Gasteiger partial charge in [0.25, 0.3) is 0 Å². The maximum atomic E-state index is 13.8. The molecule has 6 heteroatoms. The van der Waals surface area contributed by atoms with E-state index in [0.717, 1.165) is 12.8 Å². The smallest absolute Gasteiger partial charge is 0.228 e. The lowest BCUT2D eigenvalue weighted by molar-refractivity contribution is -0.119. The molecule has 1 aromatic heterocycles. The van der Waals surface area contributed by atoms with Gasteiger partial charge in [0.05, 0.1) is 5.69 Å². The molecule has 1 aliphatic rings. The average Bonchev–Trinajstić information content (AvgIpc) is 2.49. The van der Waals surface area contributed by atoms with E-state index >= 15 is 0 Å². The second kappa shape index (κ2) is 6.75. The van der Waals surface area contributed by atoms with Crippen LogP contribution in [-0.2, 0) is 4.79 Å². The van der Waals surface area contributed by atoms with Crippen LogP contribution in [0.25, 0.3) is 11.1 Å². The van der Waals surface area contributed by atoms with Gasteiger partial charge in [0.2, 0.25) is 5.91 Å². The zero-order valence-electron chi connectivity index (χ0n) is 12.0. The maximum Gasteiger partial charge on any atom is 0.228 e. The van der Waals surface area contributed by atoms with Gasteiger partial charge in [-0.2, -0.15) is 0 Å². The first-order valence-corrected chi connectivity index (χ1v) is 6.97. The van der Waals surface area contributed by atoms with Crippen LogP contribution in [0.2, 0.25) is 0 Å². The predicted molar refractivity (Wildman–Crippen MR) is 87.5 cm³/mol. The molecular formula is C16H17ClFN3O. The molecule has 0 radical (unpaired) electrons. The SMILES string of the molecule is Cl.Nc1cc(-c2ccccc2F)cnc1N1CCCCC1=O. The highest BCUT2D eigenvalue weighted by atomic mass is 35.5. The number of nitrogens with zero attached hydrogens (tertiary/aromatic N) is 2. The van der Waals surface area contributed by atoms with Gasteiger partial charge in [-0.25, -0.2) is 9.37 Å². The van der Waals surface area contributed by atoms with Crippen molar-refractivity contribution in [2.45, 2.75) is 19.3 Å². The van der Waals surface area contributed by atoms with E-state index in [9.17, 15) is 9.18 Å². The first-order chi connectivity index (χ1) is 10.2. The molecule has 2 heterocycles.